The summed E-state index contributed by atoms with van der Waals surface area (Å²) in [7, 11) is -4.61. The van der Waals surface area contributed by atoms with Crippen LogP contribution >= 0.6 is 7.82 Å². The van der Waals surface area contributed by atoms with Crippen LogP contribution in [0, 0.1) is 17.8 Å². The van der Waals surface area contributed by atoms with Gasteiger partial charge in [0, 0.05) is 0 Å². The van der Waals surface area contributed by atoms with E-state index in [1.54, 1.807) is 0 Å². The number of rotatable bonds is 34. The van der Waals surface area contributed by atoms with E-state index in [1.165, 1.54) is 148 Å². The van der Waals surface area contributed by atoms with Crippen LogP contribution in [0.1, 0.15) is 228 Å². The van der Waals surface area contributed by atoms with E-state index in [9.17, 15) is 14.4 Å². The van der Waals surface area contributed by atoms with Crippen LogP contribution in [0.3, 0.4) is 0 Å². The number of phosphoric ester groups is 1. The third kappa shape index (κ3) is 26.2. The molecule has 0 saturated heterocycles. The molecule has 0 rings (SSSR count). The molecular weight excluding hydrogens is 563 g/mol. The van der Waals surface area contributed by atoms with Crippen molar-refractivity contribution in [1.82, 2.24) is 0 Å². The van der Waals surface area contributed by atoms with Crippen LogP contribution < -0.4 is 0 Å². The fourth-order valence-electron chi connectivity index (χ4n) is 7.37. The van der Waals surface area contributed by atoms with Crippen molar-refractivity contribution < 1.29 is 18.9 Å². The van der Waals surface area contributed by atoms with Gasteiger partial charge in [0.25, 0.3) is 0 Å². The van der Waals surface area contributed by atoms with Gasteiger partial charge in [-0.05, 0) is 37.0 Å². The van der Waals surface area contributed by atoms with Crippen molar-refractivity contribution in [2.24, 2.45) is 17.8 Å². The highest BCUT2D eigenvalue weighted by atomic mass is 31.2. The SMILES string of the molecule is CCCCCCCCCCCCC(C)CC(CC(C)CCCCCCCCCC)(OP(=O)(O)O)C(C)CCCCCCCC. The van der Waals surface area contributed by atoms with Crippen LogP contribution in [0.5, 0.6) is 0 Å². The Morgan fingerprint density at radius 2 is 0.750 bits per heavy atom. The van der Waals surface area contributed by atoms with Crippen molar-refractivity contribution in [3.63, 3.8) is 0 Å². The maximum atomic E-state index is 12.5. The highest BCUT2D eigenvalue weighted by Gasteiger charge is 2.44. The summed E-state index contributed by atoms with van der Waals surface area (Å²) in [6.07, 6.45) is 36.0. The Morgan fingerprint density at radius 1 is 0.477 bits per heavy atom. The van der Waals surface area contributed by atoms with Crippen LogP contribution in [0.4, 0.5) is 0 Å². The summed E-state index contributed by atoms with van der Waals surface area (Å²) in [6, 6.07) is 0. The molecule has 4 unspecified atom stereocenters. The van der Waals surface area contributed by atoms with Crippen LogP contribution in [0.15, 0.2) is 0 Å². The average molecular weight is 645 g/mol. The van der Waals surface area contributed by atoms with Crippen molar-refractivity contribution >= 4 is 7.82 Å². The molecule has 0 aromatic rings. The molecule has 0 aromatic carbocycles. The summed E-state index contributed by atoms with van der Waals surface area (Å²) in [4.78, 5) is 20.4. The van der Waals surface area contributed by atoms with Crippen molar-refractivity contribution in [3.8, 4) is 0 Å². The lowest BCUT2D eigenvalue weighted by atomic mass is 9.72. The fourth-order valence-corrected chi connectivity index (χ4v) is 8.17. The van der Waals surface area contributed by atoms with Gasteiger partial charge in [-0.2, -0.15) is 0 Å². The molecule has 0 fully saturated rings. The molecule has 0 heterocycles. The minimum atomic E-state index is -4.61. The van der Waals surface area contributed by atoms with E-state index in [0.717, 1.165) is 38.5 Å². The number of unbranched alkanes of at least 4 members (excludes halogenated alkanes) is 21. The molecule has 4 atom stereocenters. The third-order valence-electron chi connectivity index (χ3n) is 10.2. The largest absolute Gasteiger partial charge is 0.470 e. The first-order valence-corrected chi connectivity index (χ1v) is 21.4. The van der Waals surface area contributed by atoms with Gasteiger partial charge in [-0.1, -0.05) is 208 Å². The van der Waals surface area contributed by atoms with E-state index in [-0.39, 0.29) is 5.92 Å². The maximum Gasteiger partial charge on any atom is 0.470 e. The molecule has 0 amide bonds. The topological polar surface area (TPSA) is 66.8 Å². The summed E-state index contributed by atoms with van der Waals surface area (Å²) < 4.78 is 18.5. The number of hydrogen-bond acceptors (Lipinski definition) is 2. The lowest BCUT2D eigenvalue weighted by Gasteiger charge is -2.42. The Labute approximate surface area is 277 Å². The lowest BCUT2D eigenvalue weighted by molar-refractivity contribution is -0.0496. The number of hydrogen-bond donors (Lipinski definition) is 2. The van der Waals surface area contributed by atoms with E-state index < -0.39 is 13.4 Å². The molecule has 0 spiro atoms. The zero-order chi connectivity index (χ0) is 32.9. The molecular formula is C39H81O4P. The Bertz CT molecular complexity index is 650. The zero-order valence-corrected chi connectivity index (χ0v) is 31.8. The summed E-state index contributed by atoms with van der Waals surface area (Å²) in [5.74, 6) is 0.938. The van der Waals surface area contributed by atoms with E-state index in [4.69, 9.17) is 4.52 Å². The van der Waals surface area contributed by atoms with Gasteiger partial charge in [0.15, 0.2) is 0 Å². The quantitative estimate of drug-likeness (QED) is 0.0540. The van der Waals surface area contributed by atoms with Crippen molar-refractivity contribution in [2.75, 3.05) is 0 Å². The third-order valence-corrected chi connectivity index (χ3v) is 10.8. The predicted molar refractivity (Wildman–Crippen MR) is 194 cm³/mol. The van der Waals surface area contributed by atoms with Crippen molar-refractivity contribution in [3.05, 3.63) is 0 Å². The van der Waals surface area contributed by atoms with Gasteiger partial charge in [-0.25, -0.2) is 4.57 Å². The van der Waals surface area contributed by atoms with E-state index in [2.05, 4.69) is 41.5 Å². The molecule has 4 nitrogen and oxygen atoms in total. The van der Waals surface area contributed by atoms with Gasteiger partial charge in [0.05, 0.1) is 5.60 Å². The Hall–Kier alpha value is 0.110. The van der Waals surface area contributed by atoms with Gasteiger partial charge >= 0.3 is 7.82 Å². The standard InChI is InChI=1S/C39H81O4P/c1-7-10-13-16-19-21-22-24-26-29-32-37(5)35-39(43-44(40,41)42,38(6)33-30-27-18-15-12-9-3)34-36(4)31-28-25-23-20-17-14-11-8-2/h36-38H,7-35H2,1-6H3,(H2,40,41,42). The summed E-state index contributed by atoms with van der Waals surface area (Å²) in [5, 5.41) is 0. The second-order valence-corrected chi connectivity index (χ2v) is 16.1. The molecule has 266 valence electrons. The summed E-state index contributed by atoms with van der Waals surface area (Å²) in [6.45, 7) is 13.6. The van der Waals surface area contributed by atoms with Crippen molar-refractivity contribution in [1.29, 1.82) is 0 Å². The number of phosphoric acid groups is 1. The molecule has 44 heavy (non-hydrogen) atoms. The maximum absolute atomic E-state index is 12.5. The monoisotopic (exact) mass is 645 g/mol. The average Bonchev–Trinajstić information content (AvgIpc) is 2.96. The summed E-state index contributed by atoms with van der Waals surface area (Å²) >= 11 is 0. The van der Waals surface area contributed by atoms with E-state index >= 15 is 0 Å². The van der Waals surface area contributed by atoms with Gasteiger partial charge in [-0.15, -0.1) is 0 Å². The van der Waals surface area contributed by atoms with Gasteiger partial charge in [0.1, 0.15) is 0 Å². The first-order chi connectivity index (χ1) is 21.1. The molecule has 0 bridgehead atoms. The molecule has 5 heteroatoms. The first-order valence-electron chi connectivity index (χ1n) is 19.9. The molecule has 0 aliphatic heterocycles. The van der Waals surface area contributed by atoms with Gasteiger partial charge < -0.3 is 9.79 Å². The van der Waals surface area contributed by atoms with Crippen LogP contribution in [-0.2, 0) is 9.09 Å². The van der Waals surface area contributed by atoms with Crippen molar-refractivity contribution in [2.45, 2.75) is 233 Å². The molecule has 0 aromatic heterocycles. The minimum Gasteiger partial charge on any atom is -0.303 e. The Kier molecular flexibility index (Phi) is 29.3. The Balaban J connectivity index is 5.13. The molecule has 0 radical (unpaired) electrons. The lowest BCUT2D eigenvalue weighted by Crippen LogP contribution is -2.42. The molecule has 0 saturated carbocycles. The van der Waals surface area contributed by atoms with E-state index in [0.29, 0.717) is 11.8 Å². The van der Waals surface area contributed by atoms with Gasteiger partial charge in [-0.3, -0.25) is 4.52 Å². The second-order valence-electron chi connectivity index (χ2n) is 15.0. The van der Waals surface area contributed by atoms with Crippen LogP contribution in [0.25, 0.3) is 0 Å². The van der Waals surface area contributed by atoms with Crippen LogP contribution in [-0.4, -0.2) is 15.4 Å². The van der Waals surface area contributed by atoms with Gasteiger partial charge in [0.2, 0.25) is 0 Å². The molecule has 0 aliphatic carbocycles. The highest BCUT2D eigenvalue weighted by molar-refractivity contribution is 7.46. The first kappa shape index (κ1) is 44.1. The normalized spacial score (nSPS) is 15.7. The smallest absolute Gasteiger partial charge is 0.303 e. The van der Waals surface area contributed by atoms with Crippen LogP contribution in [0.2, 0.25) is 0 Å². The fraction of sp³-hybridized carbons (Fsp3) is 1.00. The zero-order valence-electron chi connectivity index (χ0n) is 30.9. The molecule has 2 N–H and O–H groups in total. The predicted octanol–water partition coefficient (Wildman–Crippen LogP) is 14.1. The second kappa shape index (κ2) is 29.3. The van der Waals surface area contributed by atoms with E-state index in [1.807, 2.05) is 0 Å². The molecule has 0 aliphatic rings. The highest BCUT2D eigenvalue weighted by Crippen LogP contribution is 2.51. The Morgan fingerprint density at radius 3 is 1.05 bits per heavy atom. The minimum absolute atomic E-state index is 0.137. The summed E-state index contributed by atoms with van der Waals surface area (Å²) in [5.41, 5.74) is -0.750.